The van der Waals surface area contributed by atoms with Crippen LogP contribution in [-0.2, 0) is 9.53 Å². The number of carbonyl (C=O) groups excluding carboxylic acids is 1. The van der Waals surface area contributed by atoms with E-state index in [1.807, 2.05) is 37.3 Å². The number of benzene rings is 1. The minimum absolute atomic E-state index is 0.105. The Morgan fingerprint density at radius 2 is 2.28 bits per heavy atom. The van der Waals surface area contributed by atoms with Gasteiger partial charge in [-0.2, -0.15) is 0 Å². The van der Waals surface area contributed by atoms with Crippen LogP contribution in [0.25, 0.3) is 0 Å². The quantitative estimate of drug-likeness (QED) is 0.445. The summed E-state index contributed by atoms with van der Waals surface area (Å²) in [7, 11) is 0. The summed E-state index contributed by atoms with van der Waals surface area (Å²) < 4.78 is 5.20. The molecule has 4 heteroatoms. The van der Waals surface area contributed by atoms with Gasteiger partial charge in [0, 0.05) is 17.3 Å². The summed E-state index contributed by atoms with van der Waals surface area (Å²) in [6.45, 7) is 6.42. The fourth-order valence-electron chi connectivity index (χ4n) is 1.34. The maximum atomic E-state index is 11.6. The van der Waals surface area contributed by atoms with E-state index in [2.05, 4.69) is 11.9 Å². The van der Waals surface area contributed by atoms with E-state index in [4.69, 9.17) is 4.74 Å². The molecule has 0 aromatic heterocycles. The Kier molecular flexibility index (Phi) is 7.22. The zero-order valence-corrected chi connectivity index (χ0v) is 11.5. The molecule has 0 aliphatic carbocycles. The fourth-order valence-corrected chi connectivity index (χ4v) is 2.09. The first-order valence-corrected chi connectivity index (χ1v) is 6.96. The highest BCUT2D eigenvalue weighted by molar-refractivity contribution is 7.99. The average Bonchev–Trinajstić information content (AvgIpc) is 2.38. The minimum atomic E-state index is -0.116. The summed E-state index contributed by atoms with van der Waals surface area (Å²) >= 11 is 1.64. The van der Waals surface area contributed by atoms with Crippen molar-refractivity contribution in [1.29, 1.82) is 0 Å². The van der Waals surface area contributed by atoms with Crippen LogP contribution in [0.15, 0.2) is 41.8 Å². The van der Waals surface area contributed by atoms with Gasteiger partial charge in [0.1, 0.15) is 6.61 Å². The molecule has 0 spiro atoms. The zero-order chi connectivity index (χ0) is 13.2. The molecule has 1 aromatic rings. The third kappa shape index (κ3) is 5.38. The molecule has 0 radical (unpaired) electrons. The van der Waals surface area contributed by atoms with Crippen LogP contribution in [0.3, 0.4) is 0 Å². The number of anilines is 1. The van der Waals surface area contributed by atoms with Crippen molar-refractivity contribution >= 4 is 23.4 Å². The number of hydrogen-bond donors (Lipinski definition) is 1. The predicted molar refractivity (Wildman–Crippen MR) is 77.1 cm³/mol. The molecule has 1 aromatic carbocycles. The first-order chi connectivity index (χ1) is 8.77. The summed E-state index contributed by atoms with van der Waals surface area (Å²) in [6.07, 6.45) is 2.76. The van der Waals surface area contributed by atoms with Crippen molar-refractivity contribution in [3.05, 3.63) is 36.9 Å². The number of rotatable bonds is 8. The Hall–Kier alpha value is -1.26. The number of amides is 1. The van der Waals surface area contributed by atoms with E-state index >= 15 is 0 Å². The monoisotopic (exact) mass is 265 g/mol. The van der Waals surface area contributed by atoms with Crippen molar-refractivity contribution in [1.82, 2.24) is 0 Å². The molecule has 1 rings (SSSR count). The molecule has 0 fully saturated rings. The first-order valence-electron chi connectivity index (χ1n) is 5.98. The number of hydrogen-bond acceptors (Lipinski definition) is 3. The second-order valence-corrected chi connectivity index (χ2v) is 4.76. The van der Waals surface area contributed by atoms with Gasteiger partial charge in [-0.25, -0.2) is 0 Å². The van der Waals surface area contributed by atoms with Gasteiger partial charge in [0.25, 0.3) is 0 Å². The van der Waals surface area contributed by atoms with Gasteiger partial charge < -0.3 is 10.1 Å². The summed E-state index contributed by atoms with van der Waals surface area (Å²) in [4.78, 5) is 12.7. The van der Waals surface area contributed by atoms with Crippen molar-refractivity contribution in [2.24, 2.45) is 0 Å². The Morgan fingerprint density at radius 1 is 1.50 bits per heavy atom. The number of carbonyl (C=O) groups is 1. The highest BCUT2D eigenvalue weighted by Gasteiger charge is 2.06. The van der Waals surface area contributed by atoms with Crippen LogP contribution >= 0.6 is 11.8 Å². The van der Waals surface area contributed by atoms with Gasteiger partial charge in [0.2, 0.25) is 5.91 Å². The lowest BCUT2D eigenvalue weighted by atomic mass is 10.3. The van der Waals surface area contributed by atoms with E-state index in [0.29, 0.717) is 6.61 Å². The lowest BCUT2D eigenvalue weighted by Crippen LogP contribution is -2.18. The van der Waals surface area contributed by atoms with Crippen LogP contribution in [0, 0.1) is 0 Å². The van der Waals surface area contributed by atoms with Gasteiger partial charge in [-0.15, -0.1) is 18.3 Å². The highest BCUT2D eigenvalue weighted by atomic mass is 32.2. The van der Waals surface area contributed by atoms with Crippen LogP contribution < -0.4 is 5.32 Å². The van der Waals surface area contributed by atoms with Crippen LogP contribution in [0.4, 0.5) is 5.69 Å². The number of nitrogens with one attached hydrogen (secondary N) is 1. The molecule has 18 heavy (non-hydrogen) atoms. The Bertz CT molecular complexity index is 393. The molecule has 1 N–H and O–H groups in total. The second kappa shape index (κ2) is 8.78. The number of para-hydroxylation sites is 1. The van der Waals surface area contributed by atoms with Crippen molar-refractivity contribution in [2.75, 3.05) is 24.3 Å². The normalized spacial score (nSPS) is 10.1. The lowest BCUT2D eigenvalue weighted by Gasteiger charge is -2.10. The SMILES string of the molecule is C=CCSc1ccccc1NC(=O)COCCC. The number of ether oxygens (including phenoxy) is 1. The maximum Gasteiger partial charge on any atom is 0.250 e. The molecule has 0 saturated heterocycles. The summed E-state index contributed by atoms with van der Waals surface area (Å²) in [5, 5.41) is 2.86. The van der Waals surface area contributed by atoms with Crippen molar-refractivity contribution in [3.63, 3.8) is 0 Å². The largest absolute Gasteiger partial charge is 0.372 e. The molecule has 0 aliphatic heterocycles. The Morgan fingerprint density at radius 3 is 3.00 bits per heavy atom. The highest BCUT2D eigenvalue weighted by Crippen LogP contribution is 2.26. The molecule has 98 valence electrons. The molecular formula is C14H19NO2S. The van der Waals surface area contributed by atoms with E-state index in [0.717, 1.165) is 22.8 Å². The summed E-state index contributed by atoms with van der Waals surface area (Å²) in [5.41, 5.74) is 0.828. The van der Waals surface area contributed by atoms with Crippen LogP contribution in [-0.4, -0.2) is 24.9 Å². The molecule has 3 nitrogen and oxygen atoms in total. The molecule has 0 saturated carbocycles. The number of thioether (sulfide) groups is 1. The van der Waals surface area contributed by atoms with Crippen molar-refractivity contribution in [2.45, 2.75) is 18.2 Å². The minimum Gasteiger partial charge on any atom is -0.372 e. The van der Waals surface area contributed by atoms with Gasteiger partial charge in [-0.05, 0) is 18.6 Å². The Labute approximate surface area is 113 Å². The molecular weight excluding hydrogens is 246 g/mol. The van der Waals surface area contributed by atoms with Gasteiger partial charge in [-0.3, -0.25) is 4.79 Å². The predicted octanol–water partition coefficient (Wildman–Crippen LogP) is 3.33. The fraction of sp³-hybridized carbons (Fsp3) is 0.357. The third-order valence-electron chi connectivity index (χ3n) is 2.10. The standard InChI is InChI=1S/C14H19NO2S/c1-3-9-17-11-14(16)15-12-7-5-6-8-13(12)18-10-4-2/h4-8H,2-3,9-11H2,1H3,(H,15,16). The molecule has 0 atom stereocenters. The first kappa shape index (κ1) is 14.8. The molecule has 0 aliphatic rings. The van der Waals surface area contributed by atoms with Gasteiger partial charge >= 0.3 is 0 Å². The smallest absolute Gasteiger partial charge is 0.250 e. The van der Waals surface area contributed by atoms with Crippen molar-refractivity contribution in [3.8, 4) is 0 Å². The molecule has 0 heterocycles. The van der Waals surface area contributed by atoms with Gasteiger partial charge in [0.05, 0.1) is 5.69 Å². The average molecular weight is 265 g/mol. The van der Waals surface area contributed by atoms with Crippen LogP contribution in [0.1, 0.15) is 13.3 Å². The van der Waals surface area contributed by atoms with E-state index in [1.165, 1.54) is 0 Å². The van der Waals surface area contributed by atoms with E-state index in [-0.39, 0.29) is 12.5 Å². The van der Waals surface area contributed by atoms with Crippen molar-refractivity contribution < 1.29 is 9.53 Å². The molecule has 1 amide bonds. The van der Waals surface area contributed by atoms with E-state index in [9.17, 15) is 4.79 Å². The Balaban J connectivity index is 2.54. The zero-order valence-electron chi connectivity index (χ0n) is 10.6. The lowest BCUT2D eigenvalue weighted by molar-refractivity contribution is -0.120. The molecule has 0 bridgehead atoms. The van der Waals surface area contributed by atoms with E-state index in [1.54, 1.807) is 11.8 Å². The summed E-state index contributed by atoms with van der Waals surface area (Å²) in [6, 6.07) is 7.73. The second-order valence-electron chi connectivity index (χ2n) is 3.70. The van der Waals surface area contributed by atoms with E-state index < -0.39 is 0 Å². The maximum absolute atomic E-state index is 11.6. The van der Waals surface area contributed by atoms with Gasteiger partial charge in [0.15, 0.2) is 0 Å². The van der Waals surface area contributed by atoms with Crippen LogP contribution in [0.2, 0.25) is 0 Å². The molecule has 0 unspecified atom stereocenters. The third-order valence-corrected chi connectivity index (χ3v) is 3.17. The van der Waals surface area contributed by atoms with Gasteiger partial charge in [-0.1, -0.05) is 25.1 Å². The summed E-state index contributed by atoms with van der Waals surface area (Å²) in [5.74, 6) is 0.703. The van der Waals surface area contributed by atoms with Crippen LogP contribution in [0.5, 0.6) is 0 Å². The topological polar surface area (TPSA) is 38.3 Å².